The van der Waals surface area contributed by atoms with Crippen LogP contribution in [0.15, 0.2) is 180 Å². The molecule has 0 fully saturated rings. The highest BCUT2D eigenvalue weighted by atomic mass is 32.1. The van der Waals surface area contributed by atoms with Crippen molar-refractivity contribution >= 4 is 81.3 Å². The molecule has 3 heteroatoms. The highest BCUT2D eigenvalue weighted by Gasteiger charge is 2.21. The average molecular weight is 644 g/mol. The average Bonchev–Trinajstić information content (AvgIpc) is 3.74. The van der Waals surface area contributed by atoms with Gasteiger partial charge >= 0.3 is 0 Å². The standard InChI is InChI=1S/C46H29NOS/c1-2-12-30(13-3-1)34-14-4-5-15-35(34)31-22-24-32(25-23-31)47(33-26-27-43-40(28-33)37-17-8-10-20-42(37)48-43)41-29-45-46(38-18-7-6-16-36(38)41)39-19-9-11-21-44(39)49-45/h1-29H. The number of benzene rings is 8. The van der Waals surface area contributed by atoms with Crippen LogP contribution in [0.1, 0.15) is 0 Å². The molecule has 0 unspecified atom stereocenters. The van der Waals surface area contributed by atoms with Gasteiger partial charge in [0.05, 0.1) is 5.69 Å². The van der Waals surface area contributed by atoms with E-state index in [1.54, 1.807) is 0 Å². The predicted molar refractivity (Wildman–Crippen MR) is 210 cm³/mol. The molecule has 0 bridgehead atoms. The molecule has 0 aliphatic rings. The summed E-state index contributed by atoms with van der Waals surface area (Å²) in [7, 11) is 0. The van der Waals surface area contributed by atoms with Crippen molar-refractivity contribution in [2.24, 2.45) is 0 Å². The van der Waals surface area contributed by atoms with Gasteiger partial charge in [-0.3, -0.25) is 0 Å². The number of hydrogen-bond donors (Lipinski definition) is 0. The van der Waals surface area contributed by atoms with E-state index >= 15 is 0 Å². The summed E-state index contributed by atoms with van der Waals surface area (Å²) in [6, 6.07) is 63.2. The topological polar surface area (TPSA) is 16.4 Å². The van der Waals surface area contributed by atoms with Crippen LogP contribution in [0.3, 0.4) is 0 Å². The first-order chi connectivity index (χ1) is 24.3. The van der Waals surface area contributed by atoms with Crippen LogP contribution in [0.2, 0.25) is 0 Å². The summed E-state index contributed by atoms with van der Waals surface area (Å²) in [4.78, 5) is 2.42. The minimum atomic E-state index is 0.891. The Hall–Kier alpha value is -6.16. The third-order valence-corrected chi connectivity index (χ3v) is 10.8. The van der Waals surface area contributed by atoms with Crippen molar-refractivity contribution in [1.82, 2.24) is 0 Å². The van der Waals surface area contributed by atoms with Crippen LogP contribution in [0, 0.1) is 0 Å². The summed E-state index contributed by atoms with van der Waals surface area (Å²) in [5.74, 6) is 0. The summed E-state index contributed by atoms with van der Waals surface area (Å²) < 4.78 is 8.84. The summed E-state index contributed by atoms with van der Waals surface area (Å²) in [6.07, 6.45) is 0. The van der Waals surface area contributed by atoms with Crippen molar-refractivity contribution in [3.63, 3.8) is 0 Å². The third kappa shape index (κ3) is 4.55. The van der Waals surface area contributed by atoms with Crippen molar-refractivity contribution in [3.05, 3.63) is 176 Å². The lowest BCUT2D eigenvalue weighted by atomic mass is 9.94. The molecule has 0 atom stereocenters. The molecule has 10 rings (SSSR count). The molecule has 2 nitrogen and oxygen atoms in total. The van der Waals surface area contributed by atoms with Gasteiger partial charge in [0.15, 0.2) is 0 Å². The van der Waals surface area contributed by atoms with E-state index in [2.05, 4.69) is 169 Å². The van der Waals surface area contributed by atoms with Gasteiger partial charge in [0.25, 0.3) is 0 Å². The van der Waals surface area contributed by atoms with Gasteiger partial charge in [-0.05, 0) is 76.2 Å². The second-order valence-corrected chi connectivity index (χ2v) is 13.6. The van der Waals surface area contributed by atoms with Crippen LogP contribution in [0.25, 0.3) is 75.1 Å². The fraction of sp³-hybridized carbons (Fsp3) is 0. The lowest BCUT2D eigenvalue weighted by molar-refractivity contribution is 0.669. The molecular formula is C46H29NOS. The molecule has 49 heavy (non-hydrogen) atoms. The number of rotatable bonds is 5. The fourth-order valence-electron chi connectivity index (χ4n) is 7.43. The Kier molecular flexibility index (Phi) is 6.39. The van der Waals surface area contributed by atoms with E-state index in [-0.39, 0.29) is 0 Å². The van der Waals surface area contributed by atoms with E-state index in [1.165, 1.54) is 53.2 Å². The minimum Gasteiger partial charge on any atom is -0.456 e. The van der Waals surface area contributed by atoms with Gasteiger partial charge in [-0.2, -0.15) is 0 Å². The van der Waals surface area contributed by atoms with Crippen LogP contribution in [-0.4, -0.2) is 0 Å². The highest BCUT2D eigenvalue weighted by Crippen LogP contribution is 2.47. The molecule has 230 valence electrons. The van der Waals surface area contributed by atoms with Crippen LogP contribution in [0.4, 0.5) is 17.1 Å². The van der Waals surface area contributed by atoms with Gasteiger partial charge in [0, 0.05) is 47.7 Å². The Morgan fingerprint density at radius 1 is 0.388 bits per heavy atom. The normalized spacial score (nSPS) is 11.7. The van der Waals surface area contributed by atoms with Crippen LogP contribution < -0.4 is 4.90 Å². The quantitative estimate of drug-likeness (QED) is 0.186. The van der Waals surface area contributed by atoms with Gasteiger partial charge in [0.2, 0.25) is 0 Å². The lowest BCUT2D eigenvalue weighted by Crippen LogP contribution is -2.10. The van der Waals surface area contributed by atoms with Gasteiger partial charge < -0.3 is 9.32 Å². The first-order valence-corrected chi connectivity index (χ1v) is 17.4. The maximum absolute atomic E-state index is 6.26. The first-order valence-electron chi connectivity index (χ1n) is 16.6. The van der Waals surface area contributed by atoms with Crippen molar-refractivity contribution in [1.29, 1.82) is 0 Å². The van der Waals surface area contributed by atoms with E-state index in [9.17, 15) is 0 Å². The van der Waals surface area contributed by atoms with Gasteiger partial charge in [-0.25, -0.2) is 0 Å². The number of fused-ring (bicyclic) bond motifs is 8. The number of thiophene rings is 1. The zero-order valence-corrected chi connectivity index (χ0v) is 27.3. The number of furan rings is 1. The van der Waals surface area contributed by atoms with Crippen molar-refractivity contribution in [2.75, 3.05) is 4.90 Å². The molecule has 0 N–H and O–H groups in total. The molecule has 0 saturated heterocycles. The first kappa shape index (κ1) is 27.9. The van der Waals surface area contributed by atoms with Crippen LogP contribution in [-0.2, 0) is 0 Å². The molecule has 0 aliphatic heterocycles. The van der Waals surface area contributed by atoms with Gasteiger partial charge in [-0.15, -0.1) is 11.3 Å². The molecule has 0 amide bonds. The SMILES string of the molecule is c1ccc(-c2ccccc2-c2ccc(N(c3ccc4oc5ccccc5c4c3)c3cc4sc5ccccc5c4c4ccccc34)cc2)cc1. The molecule has 0 radical (unpaired) electrons. The van der Waals surface area contributed by atoms with Gasteiger partial charge in [-0.1, -0.05) is 127 Å². The summed E-state index contributed by atoms with van der Waals surface area (Å²) >= 11 is 1.86. The number of nitrogens with zero attached hydrogens (tertiary/aromatic N) is 1. The summed E-state index contributed by atoms with van der Waals surface area (Å²) in [6.45, 7) is 0. The van der Waals surface area contributed by atoms with E-state index in [0.29, 0.717) is 0 Å². The zero-order chi connectivity index (χ0) is 32.3. The van der Waals surface area contributed by atoms with Crippen LogP contribution >= 0.6 is 11.3 Å². The molecular weight excluding hydrogens is 615 g/mol. The van der Waals surface area contributed by atoms with E-state index < -0.39 is 0 Å². The van der Waals surface area contributed by atoms with Crippen molar-refractivity contribution < 1.29 is 4.42 Å². The maximum Gasteiger partial charge on any atom is 0.135 e. The number of anilines is 3. The Morgan fingerprint density at radius 3 is 1.78 bits per heavy atom. The summed E-state index contributed by atoms with van der Waals surface area (Å²) in [5, 5.41) is 7.35. The number of hydrogen-bond acceptors (Lipinski definition) is 3. The van der Waals surface area contributed by atoms with Crippen molar-refractivity contribution in [2.45, 2.75) is 0 Å². The largest absolute Gasteiger partial charge is 0.456 e. The predicted octanol–water partition coefficient (Wildman–Crippen LogP) is 13.9. The molecule has 2 heterocycles. The van der Waals surface area contributed by atoms with E-state index in [0.717, 1.165) is 39.0 Å². The Bertz CT molecular complexity index is 2830. The highest BCUT2D eigenvalue weighted by molar-refractivity contribution is 7.26. The molecule has 8 aromatic carbocycles. The Morgan fingerprint density at radius 2 is 0.980 bits per heavy atom. The molecule has 2 aromatic heterocycles. The fourth-order valence-corrected chi connectivity index (χ4v) is 8.59. The monoisotopic (exact) mass is 643 g/mol. The van der Waals surface area contributed by atoms with Gasteiger partial charge in [0.1, 0.15) is 11.2 Å². The third-order valence-electron chi connectivity index (χ3n) is 9.67. The van der Waals surface area contributed by atoms with Crippen LogP contribution in [0.5, 0.6) is 0 Å². The zero-order valence-electron chi connectivity index (χ0n) is 26.5. The lowest BCUT2D eigenvalue weighted by Gasteiger charge is -2.27. The molecule has 0 spiro atoms. The maximum atomic E-state index is 6.26. The molecule has 0 saturated carbocycles. The molecule has 0 aliphatic carbocycles. The van der Waals surface area contributed by atoms with Crippen molar-refractivity contribution in [3.8, 4) is 22.3 Å². The van der Waals surface area contributed by atoms with E-state index in [4.69, 9.17) is 4.42 Å². The second-order valence-electron chi connectivity index (χ2n) is 12.5. The number of para-hydroxylation sites is 1. The van der Waals surface area contributed by atoms with E-state index in [1.807, 2.05) is 23.5 Å². The minimum absolute atomic E-state index is 0.891. The smallest absolute Gasteiger partial charge is 0.135 e. The second kappa shape index (κ2) is 11.2. The Labute approximate surface area is 287 Å². The molecule has 10 aromatic rings. The Balaban J connectivity index is 1.21. The summed E-state index contributed by atoms with van der Waals surface area (Å²) in [5.41, 5.74) is 9.97.